The summed E-state index contributed by atoms with van der Waals surface area (Å²) in [6.07, 6.45) is 0.849. The maximum atomic E-state index is 13.2. The van der Waals surface area contributed by atoms with E-state index < -0.39 is 0 Å². The van der Waals surface area contributed by atoms with Crippen LogP contribution in [0.2, 0.25) is 0 Å². The Bertz CT molecular complexity index is 718. The first-order valence-electron chi connectivity index (χ1n) is 6.98. The lowest BCUT2D eigenvalue weighted by Gasteiger charge is -2.15. The zero-order valence-electron chi connectivity index (χ0n) is 11.8. The van der Waals surface area contributed by atoms with Crippen molar-refractivity contribution in [1.29, 1.82) is 0 Å². The lowest BCUT2D eigenvalue weighted by molar-refractivity contribution is 0.0667. The van der Waals surface area contributed by atoms with Gasteiger partial charge in [0.1, 0.15) is 0 Å². The van der Waals surface area contributed by atoms with E-state index in [1.807, 2.05) is 30.3 Å². The van der Waals surface area contributed by atoms with Crippen LogP contribution in [-0.4, -0.2) is 23.3 Å². The first kappa shape index (κ1) is 14.2. The van der Waals surface area contributed by atoms with E-state index in [0.29, 0.717) is 29.5 Å². The van der Waals surface area contributed by atoms with Crippen LogP contribution in [0.1, 0.15) is 26.3 Å². The second-order valence-corrected chi connectivity index (χ2v) is 5.17. The van der Waals surface area contributed by atoms with Crippen molar-refractivity contribution >= 4 is 11.8 Å². The number of nitrogens with zero attached hydrogens (tertiary/aromatic N) is 1. The molecule has 110 valence electrons. The van der Waals surface area contributed by atoms with Gasteiger partial charge in [0, 0.05) is 0 Å². The highest BCUT2D eigenvalue weighted by Crippen LogP contribution is 2.24. The topological polar surface area (TPSA) is 37.4 Å². The Morgan fingerprint density at radius 3 is 2.00 bits per heavy atom. The number of amides is 2. The van der Waals surface area contributed by atoms with Crippen LogP contribution in [-0.2, 0) is 6.42 Å². The molecule has 0 aliphatic carbocycles. The normalized spacial score (nSPS) is 14.4. The van der Waals surface area contributed by atoms with Crippen molar-refractivity contribution in [3.05, 3.63) is 83.2 Å². The number of carbonyl (C=O) groups excluding carboxylic acids is 2. The molecule has 0 atom stereocenters. The van der Waals surface area contributed by atoms with Crippen LogP contribution in [0.15, 0.2) is 66.5 Å². The van der Waals surface area contributed by atoms with Crippen molar-refractivity contribution < 1.29 is 14.0 Å². The van der Waals surface area contributed by atoms with Crippen molar-refractivity contribution in [3.63, 3.8) is 0 Å². The van der Waals surface area contributed by atoms with Crippen molar-refractivity contribution in [3.8, 4) is 0 Å². The molecule has 0 saturated carbocycles. The van der Waals surface area contributed by atoms with Crippen LogP contribution in [0.4, 0.5) is 4.39 Å². The third-order valence-electron chi connectivity index (χ3n) is 3.67. The molecule has 2 aromatic carbocycles. The molecular formula is C18H14FNO2. The molecule has 3 rings (SSSR count). The van der Waals surface area contributed by atoms with Gasteiger partial charge < -0.3 is 0 Å². The monoisotopic (exact) mass is 295 g/mol. The fourth-order valence-corrected chi connectivity index (χ4v) is 2.57. The third-order valence-corrected chi connectivity index (χ3v) is 3.67. The fraction of sp³-hybridized carbons (Fsp3) is 0.111. The highest BCUT2D eigenvalue weighted by Gasteiger charge is 2.35. The number of hydrogen-bond donors (Lipinski definition) is 0. The predicted molar refractivity (Wildman–Crippen MR) is 81.1 cm³/mol. The minimum atomic E-state index is -0.368. The van der Waals surface area contributed by atoms with Gasteiger partial charge in [-0.05, 0) is 29.7 Å². The molecule has 0 fully saturated rings. The van der Waals surface area contributed by atoms with Crippen LogP contribution in [0.25, 0.3) is 0 Å². The van der Waals surface area contributed by atoms with Gasteiger partial charge in [-0.25, -0.2) is 4.39 Å². The molecular weight excluding hydrogens is 281 g/mol. The second-order valence-electron chi connectivity index (χ2n) is 5.17. The molecule has 0 bridgehead atoms. The molecule has 3 nitrogen and oxygen atoms in total. The van der Waals surface area contributed by atoms with Gasteiger partial charge in [-0.1, -0.05) is 42.5 Å². The van der Waals surface area contributed by atoms with E-state index >= 15 is 0 Å². The van der Waals surface area contributed by atoms with Crippen LogP contribution >= 0.6 is 0 Å². The van der Waals surface area contributed by atoms with Crippen LogP contribution in [0, 0.1) is 0 Å². The van der Waals surface area contributed by atoms with Crippen molar-refractivity contribution in [2.24, 2.45) is 0 Å². The molecule has 2 aromatic rings. The first-order valence-corrected chi connectivity index (χ1v) is 6.98. The summed E-state index contributed by atoms with van der Waals surface area (Å²) in [7, 11) is 0. The van der Waals surface area contributed by atoms with Crippen molar-refractivity contribution in [2.75, 3.05) is 6.54 Å². The number of carbonyl (C=O) groups is 2. The maximum absolute atomic E-state index is 13.2. The quantitative estimate of drug-likeness (QED) is 0.811. The molecule has 0 aromatic heterocycles. The molecule has 0 N–H and O–H groups in total. The zero-order valence-corrected chi connectivity index (χ0v) is 11.8. The third kappa shape index (κ3) is 2.55. The van der Waals surface area contributed by atoms with Crippen molar-refractivity contribution in [1.82, 2.24) is 4.90 Å². The molecule has 22 heavy (non-hydrogen) atoms. The largest absolute Gasteiger partial charge is 0.270 e. The fourth-order valence-electron chi connectivity index (χ4n) is 2.57. The highest BCUT2D eigenvalue weighted by molar-refractivity contribution is 6.21. The van der Waals surface area contributed by atoms with E-state index in [1.165, 1.54) is 0 Å². The Morgan fingerprint density at radius 1 is 0.909 bits per heavy atom. The summed E-state index contributed by atoms with van der Waals surface area (Å²) in [5.41, 5.74) is 2.08. The summed E-state index contributed by atoms with van der Waals surface area (Å²) in [4.78, 5) is 25.6. The Balaban J connectivity index is 1.79. The lowest BCUT2D eigenvalue weighted by atomic mass is 10.1. The molecule has 0 spiro atoms. The summed E-state index contributed by atoms with van der Waals surface area (Å²) in [5.74, 6) is -0.735. The van der Waals surface area contributed by atoms with Crippen molar-refractivity contribution in [2.45, 2.75) is 6.42 Å². The summed E-state index contributed by atoms with van der Waals surface area (Å²) >= 11 is 0. The van der Waals surface area contributed by atoms with Gasteiger partial charge in [-0.2, -0.15) is 0 Å². The Kier molecular flexibility index (Phi) is 3.83. The number of halogens is 1. The average Bonchev–Trinajstić information content (AvgIpc) is 2.80. The summed E-state index contributed by atoms with van der Waals surface area (Å²) in [6.45, 7) is -0.0300. The van der Waals surface area contributed by atoms with E-state index in [0.717, 1.165) is 10.5 Å². The number of fused-ring (bicyclic) bond motifs is 1. The maximum Gasteiger partial charge on any atom is 0.261 e. The Hall–Kier alpha value is -2.75. The number of hydrogen-bond acceptors (Lipinski definition) is 2. The van der Waals surface area contributed by atoms with Gasteiger partial charge in [0.15, 0.2) is 0 Å². The smallest absolute Gasteiger partial charge is 0.261 e. The van der Waals surface area contributed by atoms with E-state index in [2.05, 4.69) is 0 Å². The summed E-state index contributed by atoms with van der Waals surface area (Å²) in [5, 5.41) is 0. The van der Waals surface area contributed by atoms with Crippen LogP contribution < -0.4 is 0 Å². The Labute approximate surface area is 127 Å². The molecule has 1 aliphatic rings. The molecule has 0 radical (unpaired) electrons. The summed E-state index contributed by atoms with van der Waals surface area (Å²) in [6, 6.07) is 16.0. The molecule has 1 aliphatic heterocycles. The number of rotatable bonds is 4. The predicted octanol–water partition coefficient (Wildman–Crippen LogP) is 3.38. The van der Waals surface area contributed by atoms with Gasteiger partial charge in [-0.3, -0.25) is 14.5 Å². The molecule has 0 saturated heterocycles. The van der Waals surface area contributed by atoms with E-state index in [1.54, 1.807) is 24.3 Å². The summed E-state index contributed by atoms with van der Waals surface area (Å²) < 4.78 is 13.2. The molecule has 4 heteroatoms. The second kappa shape index (κ2) is 5.93. The van der Waals surface area contributed by atoms with Gasteiger partial charge in [-0.15, -0.1) is 0 Å². The minimum absolute atomic E-state index is 0.0300. The highest BCUT2D eigenvalue weighted by atomic mass is 19.1. The van der Waals surface area contributed by atoms with Crippen LogP contribution in [0.5, 0.6) is 0 Å². The molecule has 0 unspecified atom stereocenters. The van der Waals surface area contributed by atoms with Gasteiger partial charge in [0.05, 0.1) is 24.0 Å². The van der Waals surface area contributed by atoms with Gasteiger partial charge in [0.2, 0.25) is 0 Å². The van der Waals surface area contributed by atoms with E-state index in [-0.39, 0.29) is 18.4 Å². The Morgan fingerprint density at radius 2 is 1.45 bits per heavy atom. The molecule has 2 amide bonds. The SMILES string of the molecule is O=C1c2ccccc2C(=O)N1C/C(=C/F)Cc1ccccc1. The van der Waals surface area contributed by atoms with Gasteiger partial charge in [0.25, 0.3) is 11.8 Å². The average molecular weight is 295 g/mol. The first-order chi connectivity index (χ1) is 10.7. The van der Waals surface area contributed by atoms with Gasteiger partial charge >= 0.3 is 0 Å². The van der Waals surface area contributed by atoms with Crippen LogP contribution in [0.3, 0.4) is 0 Å². The lowest BCUT2D eigenvalue weighted by Crippen LogP contribution is -2.32. The number of benzene rings is 2. The minimum Gasteiger partial charge on any atom is -0.270 e. The van der Waals surface area contributed by atoms with E-state index in [9.17, 15) is 14.0 Å². The zero-order chi connectivity index (χ0) is 15.5. The standard InChI is InChI=1S/C18H14FNO2/c19-11-14(10-13-6-2-1-3-7-13)12-20-17(21)15-8-4-5-9-16(15)18(20)22/h1-9,11H,10,12H2/b14-11+. The molecule has 1 heterocycles. The number of imide groups is 1. The van der Waals surface area contributed by atoms with E-state index in [4.69, 9.17) is 0 Å².